The molecule has 0 spiro atoms. The maximum Gasteiger partial charge on any atom is 0.240 e. The average molecular weight is 300 g/mol. The van der Waals surface area contributed by atoms with Gasteiger partial charge >= 0.3 is 0 Å². The number of carbonyl (C=O) groups excluding carboxylic acids is 1. The topological polar surface area (TPSA) is 76.6 Å². The maximum absolute atomic E-state index is 11.9. The van der Waals surface area contributed by atoms with Crippen molar-refractivity contribution in [1.29, 1.82) is 0 Å². The smallest absolute Gasteiger partial charge is 0.240 e. The lowest BCUT2D eigenvalue weighted by molar-refractivity contribution is -0.117. The van der Waals surface area contributed by atoms with Gasteiger partial charge in [0, 0.05) is 20.3 Å². The molecule has 1 N–H and O–H groups in total. The molecule has 1 aromatic rings. The first-order valence-electron chi connectivity index (χ1n) is 6.55. The summed E-state index contributed by atoms with van der Waals surface area (Å²) in [5.41, 5.74) is 0. The number of ether oxygens (including phenoxy) is 2. The SMILES string of the molecule is COCc1nnc(NC(=O)CN(C)CC2CCOC2)s1. The van der Waals surface area contributed by atoms with E-state index in [0.29, 0.717) is 24.2 Å². The first kappa shape index (κ1) is 15.3. The molecule has 112 valence electrons. The zero-order chi connectivity index (χ0) is 14.4. The molecule has 1 saturated heterocycles. The molecular weight excluding hydrogens is 280 g/mol. The van der Waals surface area contributed by atoms with Gasteiger partial charge in [-0.25, -0.2) is 0 Å². The predicted molar refractivity (Wildman–Crippen MR) is 75.7 cm³/mol. The summed E-state index contributed by atoms with van der Waals surface area (Å²) in [5, 5.41) is 11.8. The van der Waals surface area contributed by atoms with Crippen LogP contribution in [0.4, 0.5) is 5.13 Å². The van der Waals surface area contributed by atoms with Crippen molar-refractivity contribution in [2.45, 2.75) is 13.0 Å². The van der Waals surface area contributed by atoms with Crippen molar-refractivity contribution in [2.24, 2.45) is 5.92 Å². The fraction of sp³-hybridized carbons (Fsp3) is 0.750. The minimum atomic E-state index is -0.0773. The van der Waals surface area contributed by atoms with Crippen molar-refractivity contribution >= 4 is 22.4 Å². The van der Waals surface area contributed by atoms with E-state index in [1.807, 2.05) is 11.9 Å². The van der Waals surface area contributed by atoms with Crippen LogP contribution in [0, 0.1) is 5.92 Å². The number of nitrogens with one attached hydrogen (secondary N) is 1. The van der Waals surface area contributed by atoms with E-state index in [-0.39, 0.29) is 5.91 Å². The van der Waals surface area contributed by atoms with Crippen LogP contribution in [0.25, 0.3) is 0 Å². The summed E-state index contributed by atoms with van der Waals surface area (Å²) in [4.78, 5) is 13.9. The highest BCUT2D eigenvalue weighted by molar-refractivity contribution is 7.15. The number of hydrogen-bond donors (Lipinski definition) is 1. The van der Waals surface area contributed by atoms with Gasteiger partial charge in [0.1, 0.15) is 11.6 Å². The van der Waals surface area contributed by atoms with E-state index in [1.165, 1.54) is 11.3 Å². The van der Waals surface area contributed by atoms with E-state index in [9.17, 15) is 4.79 Å². The summed E-state index contributed by atoms with van der Waals surface area (Å²) in [6.07, 6.45) is 1.07. The molecule has 2 heterocycles. The third-order valence-electron chi connectivity index (χ3n) is 2.99. The van der Waals surface area contributed by atoms with Crippen LogP contribution in [-0.4, -0.2) is 61.5 Å². The Balaban J connectivity index is 1.73. The molecule has 0 aromatic carbocycles. The summed E-state index contributed by atoms with van der Waals surface area (Å²) >= 11 is 1.33. The van der Waals surface area contributed by atoms with Crippen LogP contribution in [0.1, 0.15) is 11.4 Å². The zero-order valence-electron chi connectivity index (χ0n) is 11.8. The molecule has 0 bridgehead atoms. The number of amides is 1. The summed E-state index contributed by atoms with van der Waals surface area (Å²) in [5.74, 6) is 0.453. The molecule has 0 saturated carbocycles. The molecular formula is C12H20N4O3S. The number of hydrogen-bond acceptors (Lipinski definition) is 7. The monoisotopic (exact) mass is 300 g/mol. The van der Waals surface area contributed by atoms with Gasteiger partial charge in [0.2, 0.25) is 11.0 Å². The minimum absolute atomic E-state index is 0.0773. The Labute approximate surface area is 122 Å². The highest BCUT2D eigenvalue weighted by Gasteiger charge is 2.19. The second-order valence-electron chi connectivity index (χ2n) is 4.91. The second-order valence-corrected chi connectivity index (χ2v) is 5.97. The molecule has 1 atom stereocenters. The van der Waals surface area contributed by atoms with Gasteiger partial charge < -0.3 is 9.47 Å². The predicted octanol–water partition coefficient (Wildman–Crippen LogP) is 0.591. The second kappa shape index (κ2) is 7.63. The number of methoxy groups -OCH3 is 1. The van der Waals surface area contributed by atoms with Crippen LogP contribution in [0.5, 0.6) is 0 Å². The molecule has 1 aliphatic rings. The van der Waals surface area contributed by atoms with Crippen molar-refractivity contribution < 1.29 is 14.3 Å². The molecule has 0 aliphatic carbocycles. The Hall–Kier alpha value is -1.09. The van der Waals surface area contributed by atoms with Crippen LogP contribution in [-0.2, 0) is 20.9 Å². The largest absolute Gasteiger partial charge is 0.381 e. The fourth-order valence-corrected chi connectivity index (χ4v) is 2.85. The summed E-state index contributed by atoms with van der Waals surface area (Å²) in [6.45, 7) is 3.25. The Kier molecular flexibility index (Phi) is 5.84. The molecule has 1 aromatic heterocycles. The van der Waals surface area contributed by atoms with Gasteiger partial charge in [-0.3, -0.25) is 15.0 Å². The lowest BCUT2D eigenvalue weighted by Crippen LogP contribution is -2.33. The van der Waals surface area contributed by atoms with Crippen LogP contribution in [0.15, 0.2) is 0 Å². The molecule has 0 radical (unpaired) electrons. The van der Waals surface area contributed by atoms with E-state index in [0.717, 1.165) is 31.2 Å². The number of rotatable bonds is 7. The molecule has 8 heteroatoms. The van der Waals surface area contributed by atoms with Crippen molar-refractivity contribution in [1.82, 2.24) is 15.1 Å². The van der Waals surface area contributed by atoms with Gasteiger partial charge in [0.25, 0.3) is 0 Å². The van der Waals surface area contributed by atoms with Crippen LogP contribution in [0.2, 0.25) is 0 Å². The fourth-order valence-electron chi connectivity index (χ4n) is 2.12. The summed E-state index contributed by atoms with van der Waals surface area (Å²) < 4.78 is 10.3. The number of carbonyl (C=O) groups is 1. The first-order valence-corrected chi connectivity index (χ1v) is 7.36. The van der Waals surface area contributed by atoms with Crippen molar-refractivity contribution in [3.8, 4) is 0 Å². The quantitative estimate of drug-likeness (QED) is 0.794. The Morgan fingerprint density at radius 3 is 3.15 bits per heavy atom. The standard InChI is InChI=1S/C12H20N4O3S/c1-16(5-9-3-4-19-7-9)6-10(17)13-12-15-14-11(20-12)8-18-2/h9H,3-8H2,1-2H3,(H,13,15,17). The molecule has 20 heavy (non-hydrogen) atoms. The highest BCUT2D eigenvalue weighted by Crippen LogP contribution is 2.16. The van der Waals surface area contributed by atoms with Crippen molar-refractivity contribution in [3.05, 3.63) is 5.01 Å². The Morgan fingerprint density at radius 2 is 2.45 bits per heavy atom. The first-order chi connectivity index (χ1) is 9.67. The number of aromatic nitrogens is 2. The zero-order valence-corrected chi connectivity index (χ0v) is 12.6. The van der Waals surface area contributed by atoms with Gasteiger partial charge in [0.05, 0.1) is 13.2 Å². The molecule has 1 amide bonds. The third-order valence-corrected chi connectivity index (χ3v) is 3.80. The number of anilines is 1. The molecule has 2 rings (SSSR count). The lowest BCUT2D eigenvalue weighted by atomic mass is 10.1. The number of likely N-dealkylation sites (N-methyl/N-ethyl adjacent to an activating group) is 1. The van der Waals surface area contributed by atoms with Crippen molar-refractivity contribution in [2.75, 3.05) is 45.8 Å². The highest BCUT2D eigenvalue weighted by atomic mass is 32.1. The average Bonchev–Trinajstić information content (AvgIpc) is 3.01. The van der Waals surface area contributed by atoms with Crippen LogP contribution >= 0.6 is 11.3 Å². The van der Waals surface area contributed by atoms with E-state index >= 15 is 0 Å². The van der Waals surface area contributed by atoms with E-state index in [1.54, 1.807) is 7.11 Å². The molecule has 1 fully saturated rings. The van der Waals surface area contributed by atoms with Gasteiger partial charge in [-0.1, -0.05) is 11.3 Å². The lowest BCUT2D eigenvalue weighted by Gasteiger charge is -2.18. The van der Waals surface area contributed by atoms with Crippen LogP contribution < -0.4 is 5.32 Å². The molecule has 1 unspecified atom stereocenters. The van der Waals surface area contributed by atoms with E-state index < -0.39 is 0 Å². The summed E-state index contributed by atoms with van der Waals surface area (Å²) in [7, 11) is 3.54. The normalized spacial score (nSPS) is 18.6. The Morgan fingerprint density at radius 1 is 1.60 bits per heavy atom. The minimum Gasteiger partial charge on any atom is -0.381 e. The molecule has 1 aliphatic heterocycles. The third kappa shape index (κ3) is 4.78. The summed E-state index contributed by atoms with van der Waals surface area (Å²) in [6, 6.07) is 0. The van der Waals surface area contributed by atoms with Gasteiger partial charge in [-0.15, -0.1) is 10.2 Å². The van der Waals surface area contributed by atoms with Crippen LogP contribution in [0.3, 0.4) is 0 Å². The van der Waals surface area contributed by atoms with E-state index in [2.05, 4.69) is 15.5 Å². The van der Waals surface area contributed by atoms with Gasteiger partial charge in [0.15, 0.2) is 0 Å². The van der Waals surface area contributed by atoms with Crippen molar-refractivity contribution in [3.63, 3.8) is 0 Å². The van der Waals surface area contributed by atoms with Gasteiger partial charge in [-0.2, -0.15) is 0 Å². The van der Waals surface area contributed by atoms with E-state index in [4.69, 9.17) is 9.47 Å². The number of nitrogens with zero attached hydrogens (tertiary/aromatic N) is 3. The Bertz CT molecular complexity index is 434. The van der Waals surface area contributed by atoms with Gasteiger partial charge in [-0.05, 0) is 19.4 Å². The maximum atomic E-state index is 11.9. The molecule has 7 nitrogen and oxygen atoms in total.